The number of hydrogen-bond acceptors (Lipinski definition) is 9. The largest absolute Gasteiger partial charge is 0.493 e. The highest BCUT2D eigenvalue weighted by molar-refractivity contribution is 6.09. The van der Waals surface area contributed by atoms with Crippen molar-refractivity contribution < 1.29 is 28.5 Å². The van der Waals surface area contributed by atoms with E-state index < -0.39 is 11.5 Å². The first-order valence-electron chi connectivity index (χ1n) is 14.3. The lowest BCUT2D eigenvalue weighted by atomic mass is 9.95. The number of anilines is 1. The monoisotopic (exact) mass is 617 g/mol. The van der Waals surface area contributed by atoms with Crippen LogP contribution in [-0.2, 0) is 11.3 Å². The molecule has 0 bridgehead atoms. The fraction of sp³-hybridized carbons (Fsp3) is 0.139. The summed E-state index contributed by atoms with van der Waals surface area (Å²) < 4.78 is 29.7. The summed E-state index contributed by atoms with van der Waals surface area (Å²) in [6.45, 7) is 0.101. The highest BCUT2D eigenvalue weighted by atomic mass is 16.5. The van der Waals surface area contributed by atoms with E-state index in [0.717, 1.165) is 10.9 Å². The molecule has 6 rings (SSSR count). The van der Waals surface area contributed by atoms with E-state index in [4.69, 9.17) is 34.4 Å². The van der Waals surface area contributed by atoms with Crippen molar-refractivity contribution >= 4 is 33.3 Å². The number of carbonyl (C=O) groups excluding carboxylic acids is 1. The third-order valence-corrected chi connectivity index (χ3v) is 7.69. The summed E-state index contributed by atoms with van der Waals surface area (Å²) in [6.07, 6.45) is 0. The van der Waals surface area contributed by atoms with Gasteiger partial charge < -0.3 is 29.4 Å². The van der Waals surface area contributed by atoms with Crippen LogP contribution in [0.3, 0.4) is 0 Å². The second kappa shape index (κ2) is 12.5. The van der Waals surface area contributed by atoms with Gasteiger partial charge in [0.15, 0.2) is 11.5 Å². The van der Waals surface area contributed by atoms with Crippen LogP contribution < -0.4 is 30.2 Å². The lowest BCUT2D eigenvalue weighted by molar-refractivity contribution is 0.0591. The predicted molar refractivity (Wildman–Crippen MR) is 176 cm³/mol. The fourth-order valence-corrected chi connectivity index (χ4v) is 5.55. The first-order chi connectivity index (χ1) is 22.4. The average Bonchev–Trinajstić information content (AvgIpc) is 3.09. The first kappa shape index (κ1) is 30.0. The molecule has 0 radical (unpaired) electrons. The molecule has 0 aliphatic rings. The van der Waals surface area contributed by atoms with E-state index in [1.54, 1.807) is 54.6 Å². The number of methoxy groups -OCH3 is 4. The van der Waals surface area contributed by atoms with Gasteiger partial charge >= 0.3 is 5.97 Å². The van der Waals surface area contributed by atoms with Gasteiger partial charge in [-0.25, -0.2) is 9.78 Å². The number of pyridine rings is 2. The molecule has 0 unspecified atom stereocenters. The summed E-state index contributed by atoms with van der Waals surface area (Å²) >= 11 is 0. The molecule has 0 saturated carbocycles. The maximum atomic E-state index is 14.6. The zero-order chi connectivity index (χ0) is 32.4. The molecule has 2 aromatic heterocycles. The number of nitrogens with zero attached hydrogens (tertiary/aromatic N) is 2. The first-order valence-corrected chi connectivity index (χ1v) is 14.3. The molecular formula is C36H31N3O7. The number of hydrogen-bond donors (Lipinski definition) is 1. The smallest absolute Gasteiger partial charge is 0.355 e. The van der Waals surface area contributed by atoms with E-state index in [1.165, 1.54) is 33.0 Å². The van der Waals surface area contributed by atoms with E-state index >= 15 is 0 Å². The third-order valence-electron chi connectivity index (χ3n) is 7.69. The van der Waals surface area contributed by atoms with Crippen molar-refractivity contribution in [3.05, 3.63) is 113 Å². The zero-order valence-corrected chi connectivity index (χ0v) is 25.7. The number of para-hydroxylation sites is 1. The molecule has 2 heterocycles. The van der Waals surface area contributed by atoms with Crippen LogP contribution in [0.2, 0.25) is 0 Å². The summed E-state index contributed by atoms with van der Waals surface area (Å²) in [4.78, 5) is 32.9. The number of rotatable bonds is 9. The van der Waals surface area contributed by atoms with Gasteiger partial charge in [-0.2, -0.15) is 0 Å². The number of fused-ring (bicyclic) bond motifs is 2. The Balaban J connectivity index is 1.65. The maximum Gasteiger partial charge on any atom is 0.355 e. The quantitative estimate of drug-likeness (QED) is 0.150. The Morgan fingerprint density at radius 2 is 1.52 bits per heavy atom. The van der Waals surface area contributed by atoms with Crippen LogP contribution >= 0.6 is 0 Å². The Morgan fingerprint density at radius 1 is 0.804 bits per heavy atom. The number of aromatic nitrogens is 2. The summed E-state index contributed by atoms with van der Waals surface area (Å²) in [7, 11) is 5.77. The van der Waals surface area contributed by atoms with Gasteiger partial charge in [0, 0.05) is 27.7 Å². The van der Waals surface area contributed by atoms with Crippen molar-refractivity contribution in [2.75, 3.05) is 34.2 Å². The molecular weight excluding hydrogens is 586 g/mol. The van der Waals surface area contributed by atoms with Crippen LogP contribution in [0.1, 0.15) is 16.2 Å². The summed E-state index contributed by atoms with van der Waals surface area (Å²) in [5.74, 6) is 0.677. The van der Waals surface area contributed by atoms with E-state index in [9.17, 15) is 9.59 Å². The van der Waals surface area contributed by atoms with E-state index in [-0.39, 0.29) is 17.7 Å². The SMILES string of the molecule is COC(=O)c1c(-c2cc(OC)c(OC)c(OC)c2)c2cccc(OCc3ccc4ccccc4n3)c2c(=O)n1-c1ccc(N)cc1. The van der Waals surface area contributed by atoms with Crippen LogP contribution in [0.15, 0.2) is 95.8 Å². The number of esters is 1. The van der Waals surface area contributed by atoms with Crippen molar-refractivity contribution in [2.24, 2.45) is 0 Å². The summed E-state index contributed by atoms with van der Waals surface area (Å²) in [5, 5.41) is 1.71. The molecule has 0 aliphatic heterocycles. The van der Waals surface area contributed by atoms with Crippen LogP contribution in [0.4, 0.5) is 5.69 Å². The Bertz CT molecular complexity index is 2130. The van der Waals surface area contributed by atoms with Crippen molar-refractivity contribution in [3.63, 3.8) is 0 Å². The second-order valence-electron chi connectivity index (χ2n) is 10.3. The minimum atomic E-state index is -0.730. The maximum absolute atomic E-state index is 14.6. The molecule has 4 aromatic carbocycles. The van der Waals surface area contributed by atoms with Crippen molar-refractivity contribution in [1.29, 1.82) is 0 Å². The standard InChI is InChI=1S/C36H31N3O7/c1-42-29-18-22(19-30(43-2)34(29)44-3)31-26-9-7-11-28(46-20-24-15-12-21-8-5-6-10-27(21)38-24)32(26)35(40)39(33(31)36(41)45-4)25-16-13-23(37)14-17-25/h5-19H,20,37H2,1-4H3. The molecule has 2 N–H and O–H groups in total. The topological polar surface area (TPSA) is 124 Å². The highest BCUT2D eigenvalue weighted by Gasteiger charge is 2.28. The Hall–Kier alpha value is -6.03. The van der Waals surface area contributed by atoms with Gasteiger partial charge in [-0.05, 0) is 60.2 Å². The van der Waals surface area contributed by atoms with Gasteiger partial charge in [0.1, 0.15) is 18.1 Å². The molecule has 0 amide bonds. The summed E-state index contributed by atoms with van der Waals surface area (Å²) in [5.41, 5.74) is 8.81. The van der Waals surface area contributed by atoms with Crippen molar-refractivity contribution in [3.8, 4) is 39.8 Å². The molecule has 6 aromatic rings. The molecule has 10 heteroatoms. The van der Waals surface area contributed by atoms with Gasteiger partial charge in [-0.3, -0.25) is 9.36 Å². The third kappa shape index (κ3) is 5.30. The lowest BCUT2D eigenvalue weighted by Gasteiger charge is -2.21. The molecule has 0 aliphatic carbocycles. The Labute approximate surface area is 264 Å². The fourth-order valence-electron chi connectivity index (χ4n) is 5.55. The van der Waals surface area contributed by atoms with Gasteiger partial charge in [0.25, 0.3) is 5.56 Å². The van der Waals surface area contributed by atoms with E-state index in [0.29, 0.717) is 56.6 Å². The van der Waals surface area contributed by atoms with Crippen molar-refractivity contribution in [1.82, 2.24) is 9.55 Å². The Kier molecular flexibility index (Phi) is 8.17. The van der Waals surface area contributed by atoms with Gasteiger partial charge in [0.05, 0.1) is 45.0 Å². The van der Waals surface area contributed by atoms with Crippen LogP contribution in [0.5, 0.6) is 23.0 Å². The molecule has 10 nitrogen and oxygen atoms in total. The van der Waals surface area contributed by atoms with Gasteiger partial charge in [0.2, 0.25) is 5.75 Å². The van der Waals surface area contributed by atoms with Crippen LogP contribution in [0.25, 0.3) is 38.5 Å². The molecule has 232 valence electrons. The molecule has 0 spiro atoms. The summed E-state index contributed by atoms with van der Waals surface area (Å²) in [6, 6.07) is 27.0. The van der Waals surface area contributed by atoms with Crippen LogP contribution in [0, 0.1) is 0 Å². The second-order valence-corrected chi connectivity index (χ2v) is 10.3. The predicted octanol–water partition coefficient (Wildman–Crippen LogP) is 6.18. The number of ether oxygens (including phenoxy) is 5. The molecule has 0 atom stereocenters. The molecule has 0 fully saturated rings. The number of benzene rings is 4. The highest BCUT2D eigenvalue weighted by Crippen LogP contribution is 2.44. The van der Waals surface area contributed by atoms with E-state index in [2.05, 4.69) is 0 Å². The van der Waals surface area contributed by atoms with Gasteiger partial charge in [-0.15, -0.1) is 0 Å². The normalized spacial score (nSPS) is 11.0. The zero-order valence-electron chi connectivity index (χ0n) is 25.7. The average molecular weight is 618 g/mol. The minimum absolute atomic E-state index is 0.00705. The van der Waals surface area contributed by atoms with Crippen molar-refractivity contribution in [2.45, 2.75) is 6.61 Å². The number of carbonyl (C=O) groups is 1. The lowest BCUT2D eigenvalue weighted by Crippen LogP contribution is -2.27. The number of nitrogens with two attached hydrogens (primary N) is 1. The van der Waals surface area contributed by atoms with Gasteiger partial charge in [-0.1, -0.05) is 36.4 Å². The van der Waals surface area contributed by atoms with Crippen LogP contribution in [-0.4, -0.2) is 44.0 Å². The minimum Gasteiger partial charge on any atom is -0.493 e. The Morgan fingerprint density at radius 3 is 2.20 bits per heavy atom. The molecule has 0 saturated heterocycles. The van der Waals surface area contributed by atoms with E-state index in [1.807, 2.05) is 36.4 Å². The molecule has 46 heavy (non-hydrogen) atoms. The number of nitrogen functional groups attached to an aromatic ring is 1.